The van der Waals surface area contributed by atoms with Gasteiger partial charge in [-0.05, 0) is 0 Å². The van der Waals surface area contributed by atoms with Crippen molar-refractivity contribution in [1.29, 1.82) is 0 Å². The number of halogens is 2. The standard InChI is InChI=1S/Co.2FH.K.H3N.H/h;2*1H;;1H3;/q;;;+1;;-1. The first kappa shape index (κ1) is 64.3. The van der Waals surface area contributed by atoms with Crippen LogP contribution in [-0.4, -0.2) is 0 Å². The Morgan fingerprint density at radius 3 is 1.00 bits per heavy atom. The van der Waals surface area contributed by atoms with Gasteiger partial charge < -0.3 is 7.58 Å². The zero-order valence-corrected chi connectivity index (χ0v) is 7.02. The Hall–Kier alpha value is 1.96. The summed E-state index contributed by atoms with van der Waals surface area (Å²) in [6.45, 7) is 0. The van der Waals surface area contributed by atoms with Crippen molar-refractivity contribution < 1.29 is 79.0 Å². The van der Waals surface area contributed by atoms with Crippen molar-refractivity contribution >= 4 is 0 Å². The van der Waals surface area contributed by atoms with Crippen molar-refractivity contribution in [2.24, 2.45) is 0 Å². The van der Waals surface area contributed by atoms with Crippen LogP contribution >= 0.6 is 0 Å². The van der Waals surface area contributed by atoms with E-state index in [1.54, 1.807) is 0 Å². The minimum Gasteiger partial charge on any atom is -1.00 e. The van der Waals surface area contributed by atoms with Gasteiger partial charge >= 0.3 is 51.4 Å². The molecule has 0 rings (SSSR count). The van der Waals surface area contributed by atoms with Gasteiger partial charge in [0.05, 0.1) is 0 Å². The van der Waals surface area contributed by atoms with E-state index in [9.17, 15) is 0 Å². The Morgan fingerprint density at radius 1 is 1.00 bits per heavy atom. The van der Waals surface area contributed by atoms with E-state index >= 15 is 0 Å². The van der Waals surface area contributed by atoms with Crippen molar-refractivity contribution in [3.63, 3.8) is 0 Å². The van der Waals surface area contributed by atoms with Gasteiger partial charge in [-0.2, -0.15) is 0 Å². The molecule has 0 heterocycles. The second-order valence-corrected chi connectivity index (χ2v) is 0. The van der Waals surface area contributed by atoms with Crippen LogP contribution < -0.4 is 57.5 Å². The number of hydrogen-bond donors (Lipinski definition) is 1. The van der Waals surface area contributed by atoms with Gasteiger partial charge in [0.25, 0.3) is 0 Å². The minimum atomic E-state index is 0. The fraction of sp³-hybridized carbons (Fsp3) is 0. The molecule has 35 valence electrons. The topological polar surface area (TPSA) is 35.0 Å². The zero-order chi connectivity index (χ0) is 0. The molecule has 5 heavy (non-hydrogen) atoms. The Balaban J connectivity index is 0. The maximum absolute atomic E-state index is 0. The molecule has 3 N–H and O–H groups in total. The fourth-order valence-electron chi connectivity index (χ4n) is 0. The van der Waals surface area contributed by atoms with Gasteiger partial charge in [0, 0.05) is 16.8 Å². The van der Waals surface area contributed by atoms with Gasteiger partial charge in [-0.1, -0.05) is 0 Å². The molecule has 0 aromatic heterocycles. The van der Waals surface area contributed by atoms with E-state index in [4.69, 9.17) is 0 Å². The number of hydrogen-bond acceptors (Lipinski definition) is 1. The minimum absolute atomic E-state index is 0. The van der Waals surface area contributed by atoms with Crippen LogP contribution in [0.4, 0.5) is 9.41 Å². The van der Waals surface area contributed by atoms with Crippen LogP contribution in [0.25, 0.3) is 0 Å². The van der Waals surface area contributed by atoms with E-state index < -0.39 is 0 Å². The van der Waals surface area contributed by atoms with Crippen molar-refractivity contribution in [2.75, 3.05) is 0 Å². The molecule has 0 unspecified atom stereocenters. The second kappa shape index (κ2) is 38.1. The van der Waals surface area contributed by atoms with Crippen molar-refractivity contribution in [2.45, 2.75) is 0 Å². The molecule has 0 amide bonds. The van der Waals surface area contributed by atoms with Crippen LogP contribution in [0.5, 0.6) is 0 Å². The summed E-state index contributed by atoms with van der Waals surface area (Å²) < 4.78 is 0. The van der Waals surface area contributed by atoms with Crippen LogP contribution in [0.3, 0.4) is 0 Å². The summed E-state index contributed by atoms with van der Waals surface area (Å²) in [5.41, 5.74) is 0. The maximum atomic E-state index is 0. The summed E-state index contributed by atoms with van der Waals surface area (Å²) in [6.07, 6.45) is 0. The van der Waals surface area contributed by atoms with Gasteiger partial charge in [-0.25, -0.2) is 0 Å². The molecule has 0 saturated heterocycles. The Morgan fingerprint density at radius 2 is 1.00 bits per heavy atom. The molecule has 1 radical (unpaired) electrons. The second-order valence-electron chi connectivity index (χ2n) is 0. The van der Waals surface area contributed by atoms with E-state index in [1.165, 1.54) is 0 Å². The summed E-state index contributed by atoms with van der Waals surface area (Å²) in [5, 5.41) is 0. The van der Waals surface area contributed by atoms with Crippen molar-refractivity contribution in [1.82, 2.24) is 6.15 Å². The third kappa shape index (κ3) is 24.3. The van der Waals surface area contributed by atoms with Crippen LogP contribution in [0.2, 0.25) is 0 Å². The maximum Gasteiger partial charge on any atom is 1.00 e. The molecule has 0 spiro atoms. The predicted molar refractivity (Wildman–Crippen MR) is 11.1 cm³/mol. The molecule has 5 heteroatoms. The quantitative estimate of drug-likeness (QED) is 0.389. The van der Waals surface area contributed by atoms with Crippen LogP contribution in [0, 0.1) is 0 Å². The van der Waals surface area contributed by atoms with Crippen molar-refractivity contribution in [3.8, 4) is 0 Å². The summed E-state index contributed by atoms with van der Waals surface area (Å²) >= 11 is 0. The zero-order valence-electron chi connectivity index (χ0n) is 3.86. The summed E-state index contributed by atoms with van der Waals surface area (Å²) in [5.74, 6) is 0. The molecule has 1 nitrogen and oxygen atoms in total. The van der Waals surface area contributed by atoms with E-state index in [0.717, 1.165) is 0 Å². The average molecular weight is 156 g/mol. The van der Waals surface area contributed by atoms with E-state index in [1.807, 2.05) is 0 Å². The first-order valence-electron chi connectivity index (χ1n) is 0. The van der Waals surface area contributed by atoms with Crippen LogP contribution in [0.15, 0.2) is 0 Å². The molecule has 0 bridgehead atoms. The largest absolute Gasteiger partial charge is 1.00 e. The number of rotatable bonds is 0. The monoisotopic (exact) mass is 156 g/mol. The SMILES string of the molecule is F.F.N.[Co].[H-].[K+]. The first-order chi connectivity index (χ1) is 0. The van der Waals surface area contributed by atoms with E-state index in [0.29, 0.717) is 0 Å². The molecule has 0 aromatic rings. The summed E-state index contributed by atoms with van der Waals surface area (Å²) in [6, 6.07) is 0. The first-order valence-corrected chi connectivity index (χ1v) is 0. The van der Waals surface area contributed by atoms with E-state index in [2.05, 4.69) is 0 Å². The third-order valence-electron chi connectivity index (χ3n) is 0. The Kier molecular flexibility index (Phi) is 490. The van der Waals surface area contributed by atoms with Gasteiger partial charge in [0.2, 0.25) is 0 Å². The molecule has 0 saturated carbocycles. The molecular formula is H6CoF2KN. The van der Waals surface area contributed by atoms with E-state index in [-0.39, 0.29) is 85.1 Å². The summed E-state index contributed by atoms with van der Waals surface area (Å²) in [4.78, 5) is 0. The molecule has 0 aromatic carbocycles. The Labute approximate surface area is 83.7 Å². The molecule has 0 fully saturated rings. The normalized spacial score (nSPS) is 0. The fourth-order valence-corrected chi connectivity index (χ4v) is 0. The van der Waals surface area contributed by atoms with Gasteiger partial charge in [0.15, 0.2) is 0 Å². The predicted octanol–water partition coefficient (Wildman–Crippen LogP) is -2.42. The average Bonchev–Trinajstić information content (AvgIpc) is 0. The van der Waals surface area contributed by atoms with Gasteiger partial charge in [-0.15, -0.1) is 0 Å². The summed E-state index contributed by atoms with van der Waals surface area (Å²) in [7, 11) is 0. The molecular weight excluding hydrogens is 150 g/mol. The van der Waals surface area contributed by atoms with Crippen LogP contribution in [0.1, 0.15) is 1.43 Å². The molecule has 0 aliphatic carbocycles. The molecule has 0 aliphatic rings. The molecule has 0 atom stereocenters. The van der Waals surface area contributed by atoms with Crippen LogP contribution in [-0.2, 0) is 16.8 Å². The smallest absolute Gasteiger partial charge is 1.00 e. The Bertz CT molecular complexity index is 13.5. The molecule has 0 aliphatic heterocycles. The third-order valence-corrected chi connectivity index (χ3v) is 0. The van der Waals surface area contributed by atoms with Gasteiger partial charge in [0.1, 0.15) is 0 Å². The van der Waals surface area contributed by atoms with Gasteiger partial charge in [-0.3, -0.25) is 9.41 Å². The van der Waals surface area contributed by atoms with Crippen molar-refractivity contribution in [3.05, 3.63) is 0 Å².